The van der Waals surface area contributed by atoms with Crippen LogP contribution in [0.1, 0.15) is 18.1 Å². The van der Waals surface area contributed by atoms with E-state index >= 15 is 0 Å². The molecule has 2 rings (SSSR count). The maximum atomic E-state index is 12.0. The third kappa shape index (κ3) is 6.47. The van der Waals surface area contributed by atoms with Crippen molar-refractivity contribution in [1.82, 2.24) is 5.32 Å². The first-order valence-electron chi connectivity index (χ1n) is 8.43. The Bertz CT molecular complexity index is 670. The zero-order chi connectivity index (χ0) is 18.1. The third-order valence-corrected chi connectivity index (χ3v) is 3.66. The normalized spacial score (nSPS) is 11.6. The van der Waals surface area contributed by atoms with E-state index in [1.807, 2.05) is 62.4 Å². The zero-order valence-corrected chi connectivity index (χ0v) is 14.7. The standard InChI is InChI=1S/C20H25NO4/c1-3-24-18-10-8-16(9-11-18)12-20(23)21-13-17(22)14-25-19-7-5-4-6-15(19)2/h4-11,17,22H,3,12-14H2,1-2H3,(H,21,23). The van der Waals surface area contributed by atoms with Gasteiger partial charge in [0.05, 0.1) is 13.0 Å². The van der Waals surface area contributed by atoms with E-state index < -0.39 is 6.10 Å². The smallest absolute Gasteiger partial charge is 0.224 e. The maximum absolute atomic E-state index is 12.0. The van der Waals surface area contributed by atoms with E-state index in [9.17, 15) is 9.90 Å². The number of carbonyl (C=O) groups is 1. The second-order valence-corrected chi connectivity index (χ2v) is 5.79. The summed E-state index contributed by atoms with van der Waals surface area (Å²) in [7, 11) is 0. The number of carbonyl (C=O) groups excluding carboxylic acids is 1. The van der Waals surface area contributed by atoms with E-state index in [1.165, 1.54) is 0 Å². The molecule has 0 bridgehead atoms. The van der Waals surface area contributed by atoms with E-state index in [2.05, 4.69) is 5.32 Å². The molecule has 0 heterocycles. The van der Waals surface area contributed by atoms with Crippen LogP contribution in [0.4, 0.5) is 0 Å². The minimum atomic E-state index is -0.760. The predicted octanol–water partition coefficient (Wildman–Crippen LogP) is 2.49. The summed E-state index contributed by atoms with van der Waals surface area (Å²) in [5.74, 6) is 1.39. The van der Waals surface area contributed by atoms with Crippen molar-refractivity contribution in [3.05, 3.63) is 59.7 Å². The molecule has 0 aromatic heterocycles. The van der Waals surface area contributed by atoms with Crippen molar-refractivity contribution in [2.45, 2.75) is 26.4 Å². The first-order valence-corrected chi connectivity index (χ1v) is 8.43. The molecule has 0 saturated heterocycles. The lowest BCUT2D eigenvalue weighted by molar-refractivity contribution is -0.121. The number of aryl methyl sites for hydroxylation is 1. The molecule has 134 valence electrons. The summed E-state index contributed by atoms with van der Waals surface area (Å²) in [6, 6.07) is 15.0. The van der Waals surface area contributed by atoms with Crippen LogP contribution in [0.5, 0.6) is 11.5 Å². The average Bonchev–Trinajstić information content (AvgIpc) is 2.61. The van der Waals surface area contributed by atoms with Crippen LogP contribution in [0.3, 0.4) is 0 Å². The van der Waals surface area contributed by atoms with Gasteiger partial charge in [0.25, 0.3) is 0 Å². The van der Waals surface area contributed by atoms with Crippen molar-refractivity contribution in [1.29, 1.82) is 0 Å². The van der Waals surface area contributed by atoms with Gasteiger partial charge in [0, 0.05) is 6.54 Å². The molecule has 0 aliphatic carbocycles. The lowest BCUT2D eigenvalue weighted by Gasteiger charge is -2.14. The van der Waals surface area contributed by atoms with Crippen molar-refractivity contribution in [2.24, 2.45) is 0 Å². The van der Waals surface area contributed by atoms with Crippen LogP contribution in [0.2, 0.25) is 0 Å². The molecule has 1 amide bonds. The summed E-state index contributed by atoms with van der Waals surface area (Å²) in [5, 5.41) is 12.7. The number of para-hydroxylation sites is 1. The molecule has 0 aliphatic heterocycles. The van der Waals surface area contributed by atoms with Crippen LogP contribution in [0.25, 0.3) is 0 Å². The van der Waals surface area contributed by atoms with Crippen LogP contribution in [0.15, 0.2) is 48.5 Å². The van der Waals surface area contributed by atoms with Gasteiger partial charge in [-0.15, -0.1) is 0 Å². The van der Waals surface area contributed by atoms with Gasteiger partial charge in [-0.1, -0.05) is 30.3 Å². The van der Waals surface area contributed by atoms with E-state index in [-0.39, 0.29) is 25.5 Å². The second-order valence-electron chi connectivity index (χ2n) is 5.79. The molecule has 2 aromatic rings. The summed E-state index contributed by atoms with van der Waals surface area (Å²) in [4.78, 5) is 12.0. The van der Waals surface area contributed by atoms with Gasteiger partial charge in [-0.05, 0) is 43.2 Å². The Morgan fingerprint density at radius 2 is 1.84 bits per heavy atom. The molecule has 25 heavy (non-hydrogen) atoms. The first-order chi connectivity index (χ1) is 12.1. The number of hydrogen-bond acceptors (Lipinski definition) is 4. The van der Waals surface area contributed by atoms with Crippen molar-refractivity contribution in [2.75, 3.05) is 19.8 Å². The Balaban J connectivity index is 1.71. The highest BCUT2D eigenvalue weighted by Gasteiger charge is 2.09. The number of aliphatic hydroxyl groups is 1. The predicted molar refractivity (Wildman–Crippen MR) is 97.0 cm³/mol. The topological polar surface area (TPSA) is 67.8 Å². The van der Waals surface area contributed by atoms with Gasteiger partial charge < -0.3 is 19.9 Å². The molecule has 0 radical (unpaired) electrons. The highest BCUT2D eigenvalue weighted by molar-refractivity contribution is 5.78. The van der Waals surface area contributed by atoms with Crippen LogP contribution in [0, 0.1) is 6.92 Å². The number of rotatable bonds is 9. The Morgan fingerprint density at radius 3 is 2.52 bits per heavy atom. The molecule has 1 unspecified atom stereocenters. The van der Waals surface area contributed by atoms with Crippen molar-refractivity contribution < 1.29 is 19.4 Å². The number of hydrogen-bond donors (Lipinski definition) is 2. The van der Waals surface area contributed by atoms with Crippen molar-refractivity contribution in [3.63, 3.8) is 0 Å². The molecule has 0 fully saturated rings. The van der Waals surface area contributed by atoms with Gasteiger partial charge in [0.1, 0.15) is 24.2 Å². The van der Waals surface area contributed by atoms with Crippen LogP contribution < -0.4 is 14.8 Å². The van der Waals surface area contributed by atoms with Crippen LogP contribution in [-0.2, 0) is 11.2 Å². The fourth-order valence-electron chi connectivity index (χ4n) is 2.31. The molecule has 2 aromatic carbocycles. The number of amides is 1. The Morgan fingerprint density at radius 1 is 1.12 bits per heavy atom. The van der Waals surface area contributed by atoms with Crippen LogP contribution in [-0.4, -0.2) is 36.9 Å². The number of ether oxygens (including phenoxy) is 2. The lowest BCUT2D eigenvalue weighted by Crippen LogP contribution is -2.36. The second kappa shape index (κ2) is 9.69. The summed E-state index contributed by atoms with van der Waals surface area (Å²) in [6.07, 6.45) is -0.499. The fourth-order valence-corrected chi connectivity index (χ4v) is 2.31. The molecule has 0 spiro atoms. The molecule has 1 atom stereocenters. The largest absolute Gasteiger partial charge is 0.494 e. The number of aliphatic hydroxyl groups excluding tert-OH is 1. The van der Waals surface area contributed by atoms with E-state index in [0.717, 1.165) is 22.6 Å². The lowest BCUT2D eigenvalue weighted by atomic mass is 10.1. The molecular weight excluding hydrogens is 318 g/mol. The Labute approximate surface area is 148 Å². The number of benzene rings is 2. The highest BCUT2D eigenvalue weighted by Crippen LogP contribution is 2.16. The average molecular weight is 343 g/mol. The molecule has 2 N–H and O–H groups in total. The van der Waals surface area contributed by atoms with E-state index in [0.29, 0.717) is 6.61 Å². The van der Waals surface area contributed by atoms with E-state index in [4.69, 9.17) is 9.47 Å². The quantitative estimate of drug-likeness (QED) is 0.734. The highest BCUT2D eigenvalue weighted by atomic mass is 16.5. The van der Waals surface area contributed by atoms with Gasteiger partial charge in [-0.3, -0.25) is 4.79 Å². The molecule has 0 aliphatic rings. The minimum absolute atomic E-state index is 0.133. The molecule has 0 saturated carbocycles. The third-order valence-electron chi connectivity index (χ3n) is 3.66. The first kappa shape index (κ1) is 18.8. The van der Waals surface area contributed by atoms with Crippen LogP contribution >= 0.6 is 0 Å². The summed E-state index contributed by atoms with van der Waals surface area (Å²) < 4.78 is 10.9. The van der Waals surface area contributed by atoms with Gasteiger partial charge in [0.2, 0.25) is 5.91 Å². The van der Waals surface area contributed by atoms with Crippen molar-refractivity contribution >= 4 is 5.91 Å². The molecule has 5 heteroatoms. The van der Waals surface area contributed by atoms with Gasteiger partial charge >= 0.3 is 0 Å². The summed E-state index contributed by atoms with van der Waals surface area (Å²) in [6.45, 7) is 4.77. The van der Waals surface area contributed by atoms with Crippen molar-refractivity contribution in [3.8, 4) is 11.5 Å². The SMILES string of the molecule is CCOc1ccc(CC(=O)NCC(O)COc2ccccc2C)cc1. The minimum Gasteiger partial charge on any atom is -0.494 e. The number of nitrogens with one attached hydrogen (secondary N) is 1. The summed E-state index contributed by atoms with van der Waals surface area (Å²) >= 11 is 0. The Kier molecular flexibility index (Phi) is 7.29. The van der Waals surface area contributed by atoms with Gasteiger partial charge in [-0.25, -0.2) is 0 Å². The monoisotopic (exact) mass is 343 g/mol. The fraction of sp³-hybridized carbons (Fsp3) is 0.350. The molecular formula is C20H25NO4. The maximum Gasteiger partial charge on any atom is 0.224 e. The van der Waals surface area contributed by atoms with Gasteiger partial charge in [-0.2, -0.15) is 0 Å². The Hall–Kier alpha value is -2.53. The van der Waals surface area contributed by atoms with E-state index in [1.54, 1.807) is 0 Å². The van der Waals surface area contributed by atoms with Gasteiger partial charge in [0.15, 0.2) is 0 Å². The zero-order valence-electron chi connectivity index (χ0n) is 14.7. The summed E-state index contributed by atoms with van der Waals surface area (Å²) in [5.41, 5.74) is 1.90. The molecule has 5 nitrogen and oxygen atoms in total.